The Kier molecular flexibility index (Phi) is 7.13. The fourth-order valence-corrected chi connectivity index (χ4v) is 3.48. The van der Waals surface area contributed by atoms with Gasteiger partial charge in [-0.2, -0.15) is 0 Å². The van der Waals surface area contributed by atoms with Crippen LogP contribution in [0.3, 0.4) is 0 Å². The minimum Gasteiger partial charge on any atom is -0.134 e. The number of benzene rings is 2. The first kappa shape index (κ1) is 15.6. The van der Waals surface area contributed by atoms with Crippen molar-refractivity contribution in [3.63, 3.8) is 0 Å². The van der Waals surface area contributed by atoms with Crippen molar-refractivity contribution in [1.82, 2.24) is 0 Å². The highest BCUT2D eigenvalue weighted by molar-refractivity contribution is 8.02. The first-order valence-electron chi connectivity index (χ1n) is 6.56. The molecule has 0 aliphatic carbocycles. The molecule has 104 valence electrons. The molecule has 0 aliphatic heterocycles. The molecule has 0 radical (unpaired) electrons. The molecule has 0 saturated heterocycles. The normalized spacial score (nSPS) is 11.1. The molecule has 20 heavy (non-hydrogen) atoms. The van der Waals surface area contributed by atoms with Gasteiger partial charge in [0.15, 0.2) is 0 Å². The minimum absolute atomic E-state index is 0.802. The van der Waals surface area contributed by atoms with Crippen LogP contribution in [0.4, 0.5) is 0 Å². The maximum Gasteiger partial charge on any atom is 0.0406 e. The minimum atomic E-state index is 0.802. The van der Waals surface area contributed by atoms with Crippen molar-refractivity contribution in [2.24, 2.45) is 0 Å². The van der Waals surface area contributed by atoms with Gasteiger partial charge < -0.3 is 0 Å². The van der Waals surface area contributed by atoms with Crippen molar-refractivity contribution in [1.29, 1.82) is 0 Å². The molecular formula is C17H17ClS2. The monoisotopic (exact) mass is 320 g/mol. The molecule has 2 rings (SSSR count). The molecular weight excluding hydrogens is 304 g/mol. The lowest BCUT2D eigenvalue weighted by molar-refractivity contribution is 1.12. The van der Waals surface area contributed by atoms with Gasteiger partial charge in [-0.25, -0.2) is 0 Å². The van der Waals surface area contributed by atoms with Crippen LogP contribution in [0.15, 0.2) is 64.9 Å². The van der Waals surface area contributed by atoms with E-state index in [0.717, 1.165) is 16.5 Å². The van der Waals surface area contributed by atoms with Crippen LogP contribution in [0, 0.1) is 0 Å². The van der Waals surface area contributed by atoms with Crippen LogP contribution in [0.25, 0.3) is 6.08 Å². The van der Waals surface area contributed by atoms with Crippen molar-refractivity contribution in [3.8, 4) is 0 Å². The predicted molar refractivity (Wildman–Crippen MR) is 94.7 cm³/mol. The Morgan fingerprint density at radius 1 is 0.900 bits per heavy atom. The summed E-state index contributed by atoms with van der Waals surface area (Å²) in [5, 5.41) is 2.98. The van der Waals surface area contributed by atoms with Crippen LogP contribution in [0.1, 0.15) is 12.0 Å². The first-order chi connectivity index (χ1) is 9.84. The average Bonchev–Trinajstić information content (AvgIpc) is 2.49. The maximum atomic E-state index is 5.86. The van der Waals surface area contributed by atoms with Crippen LogP contribution in [-0.4, -0.2) is 11.5 Å². The summed E-state index contributed by atoms with van der Waals surface area (Å²) in [5.74, 6) is 2.30. The predicted octanol–water partition coefficient (Wildman–Crippen LogP) is 6.23. The van der Waals surface area contributed by atoms with E-state index in [-0.39, 0.29) is 0 Å². The van der Waals surface area contributed by atoms with E-state index in [0.29, 0.717) is 0 Å². The summed E-state index contributed by atoms with van der Waals surface area (Å²) in [5.41, 5.74) is 1.26. The molecule has 2 aromatic rings. The smallest absolute Gasteiger partial charge is 0.0406 e. The molecule has 0 atom stereocenters. The van der Waals surface area contributed by atoms with Gasteiger partial charge in [-0.1, -0.05) is 41.9 Å². The van der Waals surface area contributed by atoms with Crippen molar-refractivity contribution in [3.05, 3.63) is 70.6 Å². The number of halogens is 1. The number of rotatable bonds is 7. The number of hydrogen-bond acceptors (Lipinski definition) is 2. The molecule has 0 spiro atoms. The van der Waals surface area contributed by atoms with Gasteiger partial charge in [0.2, 0.25) is 0 Å². The van der Waals surface area contributed by atoms with E-state index in [9.17, 15) is 0 Å². The van der Waals surface area contributed by atoms with Crippen LogP contribution in [0.2, 0.25) is 5.02 Å². The zero-order valence-corrected chi connectivity index (χ0v) is 13.6. The third-order valence-electron chi connectivity index (χ3n) is 2.65. The van der Waals surface area contributed by atoms with Crippen LogP contribution < -0.4 is 0 Å². The highest BCUT2D eigenvalue weighted by Crippen LogP contribution is 2.21. The molecule has 0 heterocycles. The molecule has 0 N–H and O–H groups in total. The van der Waals surface area contributed by atoms with Gasteiger partial charge in [-0.15, -0.1) is 23.5 Å². The van der Waals surface area contributed by atoms with E-state index in [1.807, 2.05) is 41.7 Å². The highest BCUT2D eigenvalue weighted by atomic mass is 35.5. The summed E-state index contributed by atoms with van der Waals surface area (Å²) in [6.07, 6.45) is 3.37. The van der Waals surface area contributed by atoms with E-state index in [1.165, 1.54) is 16.9 Å². The van der Waals surface area contributed by atoms with E-state index in [2.05, 4.69) is 47.9 Å². The third-order valence-corrected chi connectivity index (χ3v) is 4.85. The lowest BCUT2D eigenvalue weighted by Crippen LogP contribution is -1.82. The van der Waals surface area contributed by atoms with Crippen molar-refractivity contribution in [2.75, 3.05) is 11.5 Å². The second-order valence-corrected chi connectivity index (χ2v) is 6.86. The lowest BCUT2D eigenvalue weighted by Gasteiger charge is -2.00. The maximum absolute atomic E-state index is 5.86. The summed E-state index contributed by atoms with van der Waals surface area (Å²) >= 11 is 9.62. The fourth-order valence-electron chi connectivity index (χ4n) is 1.62. The summed E-state index contributed by atoms with van der Waals surface area (Å²) in [4.78, 5) is 1.29. The highest BCUT2D eigenvalue weighted by Gasteiger charge is 1.94. The molecule has 2 aromatic carbocycles. The van der Waals surface area contributed by atoms with E-state index in [4.69, 9.17) is 11.6 Å². The summed E-state index contributed by atoms with van der Waals surface area (Å²) < 4.78 is 0. The second-order valence-electron chi connectivity index (χ2n) is 4.24. The van der Waals surface area contributed by atoms with Gasteiger partial charge in [0, 0.05) is 9.92 Å². The molecule has 0 fully saturated rings. The van der Waals surface area contributed by atoms with E-state index >= 15 is 0 Å². The van der Waals surface area contributed by atoms with Gasteiger partial charge in [-0.3, -0.25) is 0 Å². The standard InChI is InChI=1S/C17H17ClS2/c18-16-7-9-17(10-8-16)20-13-4-12-19-14-11-15-5-2-1-3-6-15/h1-3,5-11,14H,4,12-13H2/b14-11+. The Balaban J connectivity index is 1.58. The van der Waals surface area contributed by atoms with Gasteiger partial charge in [-0.05, 0) is 59.2 Å². The Morgan fingerprint density at radius 3 is 2.40 bits per heavy atom. The Hall–Kier alpha value is -0.830. The molecule has 0 saturated carbocycles. The third kappa shape index (κ3) is 6.08. The molecule has 0 unspecified atom stereocenters. The average molecular weight is 321 g/mol. The number of thioether (sulfide) groups is 2. The number of hydrogen-bond donors (Lipinski definition) is 0. The Bertz CT molecular complexity index is 520. The topological polar surface area (TPSA) is 0 Å². The summed E-state index contributed by atoms with van der Waals surface area (Å²) in [6, 6.07) is 18.5. The fraction of sp³-hybridized carbons (Fsp3) is 0.176. The Morgan fingerprint density at radius 2 is 1.65 bits per heavy atom. The second kappa shape index (κ2) is 9.17. The molecule has 0 nitrogen and oxygen atoms in total. The van der Waals surface area contributed by atoms with Crippen LogP contribution >= 0.6 is 35.1 Å². The largest absolute Gasteiger partial charge is 0.134 e. The SMILES string of the molecule is Clc1ccc(SCCCS/C=C/c2ccccc2)cc1. The van der Waals surface area contributed by atoms with Crippen LogP contribution in [0.5, 0.6) is 0 Å². The van der Waals surface area contributed by atoms with Crippen molar-refractivity contribution < 1.29 is 0 Å². The molecule has 0 aliphatic rings. The quantitative estimate of drug-likeness (QED) is 0.438. The van der Waals surface area contributed by atoms with E-state index in [1.54, 1.807) is 0 Å². The summed E-state index contributed by atoms with van der Waals surface area (Å²) in [6.45, 7) is 0. The summed E-state index contributed by atoms with van der Waals surface area (Å²) in [7, 11) is 0. The van der Waals surface area contributed by atoms with Gasteiger partial charge in [0.05, 0.1) is 0 Å². The van der Waals surface area contributed by atoms with Crippen molar-refractivity contribution in [2.45, 2.75) is 11.3 Å². The Labute approximate surface area is 134 Å². The first-order valence-corrected chi connectivity index (χ1v) is 8.97. The van der Waals surface area contributed by atoms with Gasteiger partial charge in [0.25, 0.3) is 0 Å². The zero-order chi connectivity index (χ0) is 14.0. The molecule has 3 heteroatoms. The molecule has 0 aromatic heterocycles. The molecule has 0 bridgehead atoms. The van der Waals surface area contributed by atoms with Crippen LogP contribution in [-0.2, 0) is 0 Å². The lowest BCUT2D eigenvalue weighted by atomic mass is 10.2. The zero-order valence-electron chi connectivity index (χ0n) is 11.2. The molecule has 0 amide bonds. The van der Waals surface area contributed by atoms with Gasteiger partial charge in [0.1, 0.15) is 0 Å². The van der Waals surface area contributed by atoms with E-state index < -0.39 is 0 Å². The van der Waals surface area contributed by atoms with Crippen molar-refractivity contribution >= 4 is 41.2 Å². The van der Waals surface area contributed by atoms with Gasteiger partial charge >= 0.3 is 0 Å².